The minimum absolute atomic E-state index is 0.145. The summed E-state index contributed by atoms with van der Waals surface area (Å²) < 4.78 is 0. The lowest BCUT2D eigenvalue weighted by molar-refractivity contribution is 0.569. The second-order valence-electron chi connectivity index (χ2n) is 9.14. The van der Waals surface area contributed by atoms with Gasteiger partial charge in [-0.25, -0.2) is 0 Å². The average Bonchev–Trinajstić information content (AvgIpc) is 2.84. The first-order chi connectivity index (χ1) is 11.1. The maximum atomic E-state index is 2.39. The SMILES string of the molecule is Cc1cc2cc[cH-]c(-c3cc(C(C)(C)C)cc(C(C)(C)C)c3)c-2c1. The molecule has 24 heavy (non-hydrogen) atoms. The zero-order chi connectivity index (χ0) is 17.7. The highest BCUT2D eigenvalue weighted by atomic mass is 14.3. The molecule has 0 bridgehead atoms. The van der Waals surface area contributed by atoms with Crippen molar-refractivity contribution in [2.75, 3.05) is 0 Å². The largest absolute Gasteiger partial charge is 0.145 e. The van der Waals surface area contributed by atoms with Crippen LogP contribution in [-0.2, 0) is 10.8 Å². The molecule has 2 aliphatic carbocycles. The molecule has 0 fully saturated rings. The van der Waals surface area contributed by atoms with Crippen LogP contribution in [0, 0.1) is 6.92 Å². The third-order valence-corrected chi connectivity index (χ3v) is 4.87. The van der Waals surface area contributed by atoms with Crippen LogP contribution in [0.15, 0.2) is 48.5 Å². The molecule has 126 valence electrons. The first kappa shape index (κ1) is 16.9. The lowest BCUT2D eigenvalue weighted by atomic mass is 9.78. The van der Waals surface area contributed by atoms with E-state index < -0.39 is 0 Å². The Labute approximate surface area is 147 Å². The Morgan fingerprint density at radius 1 is 0.708 bits per heavy atom. The number of fused-ring (bicyclic) bond motifs is 1. The molecule has 1 aromatic carbocycles. The van der Waals surface area contributed by atoms with Gasteiger partial charge >= 0.3 is 0 Å². The van der Waals surface area contributed by atoms with E-state index in [4.69, 9.17) is 0 Å². The second kappa shape index (κ2) is 5.55. The summed E-state index contributed by atoms with van der Waals surface area (Å²) in [4.78, 5) is 0. The standard InChI is InChI=1S/C24H29/c1-16-11-17-9-8-10-21(22(17)12-16)18-13-19(23(2,3)4)15-20(14-18)24(5,6)7/h8-15H,1-7H3/q-1. The van der Waals surface area contributed by atoms with Crippen molar-refractivity contribution in [2.24, 2.45) is 0 Å². The van der Waals surface area contributed by atoms with Gasteiger partial charge in [-0.05, 0) is 17.8 Å². The topological polar surface area (TPSA) is 0 Å². The van der Waals surface area contributed by atoms with Crippen LogP contribution in [0.5, 0.6) is 0 Å². The zero-order valence-corrected chi connectivity index (χ0v) is 16.1. The Morgan fingerprint density at radius 2 is 1.29 bits per heavy atom. The van der Waals surface area contributed by atoms with Crippen molar-refractivity contribution < 1.29 is 0 Å². The first-order valence-electron chi connectivity index (χ1n) is 8.88. The Hall–Kier alpha value is -1.95. The van der Waals surface area contributed by atoms with Crippen LogP contribution in [0.25, 0.3) is 22.3 Å². The molecule has 0 saturated heterocycles. The van der Waals surface area contributed by atoms with Gasteiger partial charge in [-0.2, -0.15) is 0 Å². The van der Waals surface area contributed by atoms with E-state index in [1.807, 2.05) is 0 Å². The van der Waals surface area contributed by atoms with Crippen LogP contribution < -0.4 is 0 Å². The van der Waals surface area contributed by atoms with Gasteiger partial charge < -0.3 is 0 Å². The van der Waals surface area contributed by atoms with Crippen molar-refractivity contribution in [3.05, 3.63) is 65.2 Å². The Kier molecular flexibility index (Phi) is 3.91. The molecule has 1 aromatic rings. The van der Waals surface area contributed by atoms with E-state index in [9.17, 15) is 0 Å². The molecule has 0 radical (unpaired) electrons. The Balaban J connectivity index is 2.27. The van der Waals surface area contributed by atoms with Gasteiger partial charge in [0.1, 0.15) is 0 Å². The van der Waals surface area contributed by atoms with Crippen LogP contribution in [0.3, 0.4) is 0 Å². The fraction of sp³-hybridized carbons (Fsp3) is 0.375. The predicted octanol–water partition coefficient (Wildman–Crippen LogP) is 7.08. The molecule has 0 unspecified atom stereocenters. The van der Waals surface area contributed by atoms with Gasteiger partial charge in [0.05, 0.1) is 0 Å². The third-order valence-electron chi connectivity index (χ3n) is 4.87. The lowest BCUT2D eigenvalue weighted by Gasteiger charge is -2.28. The molecule has 0 atom stereocenters. The van der Waals surface area contributed by atoms with Gasteiger partial charge in [-0.3, -0.25) is 0 Å². The van der Waals surface area contributed by atoms with Crippen molar-refractivity contribution in [1.29, 1.82) is 0 Å². The molecule has 2 aliphatic rings. The summed E-state index contributed by atoms with van der Waals surface area (Å²) in [5.74, 6) is 0. The molecule has 0 nitrogen and oxygen atoms in total. The molecule has 3 rings (SSSR count). The molecule has 0 spiro atoms. The van der Waals surface area contributed by atoms with Gasteiger partial charge in [-0.1, -0.05) is 94.1 Å². The van der Waals surface area contributed by atoms with Gasteiger partial charge in [0, 0.05) is 0 Å². The minimum atomic E-state index is 0.145. The summed E-state index contributed by atoms with van der Waals surface area (Å²) in [5.41, 5.74) is 9.82. The van der Waals surface area contributed by atoms with Crippen molar-refractivity contribution in [3.8, 4) is 22.3 Å². The van der Waals surface area contributed by atoms with E-state index in [1.165, 1.54) is 38.9 Å². The molecular formula is C24H29-. The van der Waals surface area contributed by atoms with Gasteiger partial charge in [0.25, 0.3) is 0 Å². The molecule has 0 heterocycles. The van der Waals surface area contributed by atoms with E-state index >= 15 is 0 Å². The van der Waals surface area contributed by atoms with Crippen LogP contribution in [0.4, 0.5) is 0 Å². The molecule has 0 aromatic heterocycles. The predicted molar refractivity (Wildman–Crippen MR) is 106 cm³/mol. The average molecular weight is 317 g/mol. The van der Waals surface area contributed by atoms with Crippen LogP contribution in [0.1, 0.15) is 58.2 Å². The highest BCUT2D eigenvalue weighted by Gasteiger charge is 2.20. The van der Waals surface area contributed by atoms with Crippen LogP contribution in [0.2, 0.25) is 0 Å². The summed E-state index contributed by atoms with van der Waals surface area (Å²) in [5, 5.41) is 0. The Morgan fingerprint density at radius 3 is 1.83 bits per heavy atom. The number of hydrogen-bond acceptors (Lipinski definition) is 0. The van der Waals surface area contributed by atoms with Gasteiger partial charge in [-0.15, -0.1) is 34.9 Å². The fourth-order valence-electron chi connectivity index (χ4n) is 3.29. The maximum Gasteiger partial charge on any atom is -0.0139 e. The lowest BCUT2D eigenvalue weighted by Crippen LogP contribution is -2.16. The second-order valence-corrected chi connectivity index (χ2v) is 9.14. The highest BCUT2D eigenvalue weighted by molar-refractivity contribution is 5.86. The normalized spacial score (nSPS) is 12.8. The molecule has 0 N–H and O–H groups in total. The zero-order valence-electron chi connectivity index (χ0n) is 16.1. The first-order valence-corrected chi connectivity index (χ1v) is 8.88. The summed E-state index contributed by atoms with van der Waals surface area (Å²) in [6, 6.07) is 18.4. The summed E-state index contributed by atoms with van der Waals surface area (Å²) in [6.45, 7) is 16.0. The van der Waals surface area contributed by atoms with E-state index in [-0.39, 0.29) is 10.8 Å². The minimum Gasteiger partial charge on any atom is -0.145 e. The van der Waals surface area contributed by atoms with Crippen LogP contribution in [-0.4, -0.2) is 0 Å². The monoisotopic (exact) mass is 317 g/mol. The number of rotatable bonds is 1. The molecule has 0 heteroatoms. The van der Waals surface area contributed by atoms with Crippen molar-refractivity contribution in [1.82, 2.24) is 0 Å². The van der Waals surface area contributed by atoms with Gasteiger partial charge in [0.2, 0.25) is 0 Å². The maximum absolute atomic E-state index is 2.39. The van der Waals surface area contributed by atoms with E-state index in [2.05, 4.69) is 97.0 Å². The molecule has 0 aliphatic heterocycles. The molecular weight excluding hydrogens is 288 g/mol. The molecule has 0 saturated carbocycles. The molecule has 0 amide bonds. The highest BCUT2D eigenvalue weighted by Crippen LogP contribution is 2.39. The summed E-state index contributed by atoms with van der Waals surface area (Å²) in [7, 11) is 0. The van der Waals surface area contributed by atoms with Gasteiger partial charge in [0.15, 0.2) is 0 Å². The van der Waals surface area contributed by atoms with E-state index in [0.29, 0.717) is 0 Å². The quantitative estimate of drug-likeness (QED) is 0.421. The summed E-state index contributed by atoms with van der Waals surface area (Å²) >= 11 is 0. The van der Waals surface area contributed by atoms with Crippen molar-refractivity contribution in [2.45, 2.75) is 59.3 Å². The fourth-order valence-corrected chi connectivity index (χ4v) is 3.29. The third kappa shape index (κ3) is 3.15. The number of benzene rings is 2. The smallest absolute Gasteiger partial charge is 0.0139 e. The van der Waals surface area contributed by atoms with Crippen molar-refractivity contribution >= 4 is 0 Å². The number of aryl methyl sites for hydroxylation is 1. The van der Waals surface area contributed by atoms with E-state index in [0.717, 1.165) is 0 Å². The number of hydrogen-bond donors (Lipinski definition) is 0. The van der Waals surface area contributed by atoms with Crippen molar-refractivity contribution in [3.63, 3.8) is 0 Å². The Bertz CT molecular complexity index is 799. The van der Waals surface area contributed by atoms with E-state index in [1.54, 1.807) is 0 Å². The summed E-state index contributed by atoms with van der Waals surface area (Å²) in [6.07, 6.45) is 0. The van der Waals surface area contributed by atoms with Crippen LogP contribution >= 0.6 is 0 Å².